The van der Waals surface area contributed by atoms with Gasteiger partial charge in [-0.2, -0.15) is 0 Å². The molecule has 4 heterocycles. The van der Waals surface area contributed by atoms with Crippen LogP contribution in [0.1, 0.15) is 11.1 Å². The second-order valence-electron chi connectivity index (χ2n) is 12.2. The summed E-state index contributed by atoms with van der Waals surface area (Å²) in [6, 6.07) is 45.4. The fourth-order valence-corrected chi connectivity index (χ4v) is 5.98. The van der Waals surface area contributed by atoms with Crippen LogP contribution in [0.5, 0.6) is 0 Å². The van der Waals surface area contributed by atoms with Crippen LogP contribution in [0.3, 0.4) is 0 Å². The zero-order valence-corrected chi connectivity index (χ0v) is 28.8. The number of H-pyrrole nitrogens is 2. The van der Waals surface area contributed by atoms with E-state index in [1.54, 1.807) is 40.8 Å². The van der Waals surface area contributed by atoms with E-state index in [0.717, 1.165) is 51.0 Å². The third-order valence-corrected chi connectivity index (χ3v) is 8.62. The maximum atomic E-state index is 12.1. The van der Waals surface area contributed by atoms with Gasteiger partial charge in [0.2, 0.25) is 0 Å². The molecule has 0 aliphatic carbocycles. The van der Waals surface area contributed by atoms with Crippen molar-refractivity contribution in [2.75, 3.05) is 17.2 Å². The van der Waals surface area contributed by atoms with Gasteiger partial charge in [0.25, 0.3) is 0 Å². The maximum Gasteiger partial charge on any atom is 0.419 e. The number of nitrogens with two attached hydrogens (primary N) is 3. The van der Waals surface area contributed by atoms with Gasteiger partial charge in [0.1, 0.15) is 0 Å². The van der Waals surface area contributed by atoms with Gasteiger partial charge in [-0.1, -0.05) is 84.9 Å². The zero-order chi connectivity index (χ0) is 37.6. The number of aromatic amines is 2. The Balaban J connectivity index is 0.000000116. The monoisotopic (exact) mass is 714 g/mol. The molecule has 0 spiro atoms. The van der Waals surface area contributed by atoms with Crippen LogP contribution in [-0.4, -0.2) is 25.1 Å². The molecule has 12 nitrogen and oxygen atoms in total. The quantitative estimate of drug-likeness (QED) is 0.117. The van der Waals surface area contributed by atoms with Crippen molar-refractivity contribution in [2.24, 2.45) is 4.99 Å². The van der Waals surface area contributed by atoms with Crippen LogP contribution in [0.2, 0.25) is 0 Å². The van der Waals surface area contributed by atoms with Crippen molar-refractivity contribution in [2.45, 2.75) is 6.42 Å². The third kappa shape index (κ3) is 7.34. The first-order valence-corrected chi connectivity index (χ1v) is 16.9. The molecule has 12 heteroatoms. The molecule has 9 aromatic rings. The molecule has 0 amide bonds. The van der Waals surface area contributed by atoms with Crippen molar-refractivity contribution in [3.05, 3.63) is 188 Å². The lowest BCUT2D eigenvalue weighted by Crippen LogP contribution is -2.15. The fraction of sp³-hybridized carbons (Fsp3) is 0.0238. The average molecular weight is 715 g/mol. The van der Waals surface area contributed by atoms with Crippen LogP contribution in [0.4, 0.5) is 22.7 Å². The standard InChI is InChI=1S/C14H9N3O.C14H12N2.C8H5NO3.C6H8N2/c18-14-16-10-6-2-1-5-9(10)13-15-11-7-3-4-8-12(11)17(13)14;15-12-7-3-2-6-11(12)14-9-10-5-1-4-8-13(10)16-14;10-7-5-3-1-2-4-6(5)9-8(11)12-7;7-5-3-1-2-4-6(5)8/h1-8H,(H,16,18);1-8H,9,15H2;1-4H,(H,9,11);1-4H,7-8H2. The molecule has 0 atom stereocenters. The van der Waals surface area contributed by atoms with Crippen molar-refractivity contribution in [1.29, 1.82) is 0 Å². The summed E-state index contributed by atoms with van der Waals surface area (Å²) >= 11 is 0. The minimum atomic E-state index is -0.723. The largest absolute Gasteiger partial charge is 0.419 e. The molecule has 266 valence electrons. The highest BCUT2D eigenvalue weighted by atomic mass is 16.4. The predicted molar refractivity (Wildman–Crippen MR) is 216 cm³/mol. The van der Waals surface area contributed by atoms with Gasteiger partial charge in [-0.25, -0.2) is 23.8 Å². The number of anilines is 3. The normalized spacial score (nSPS) is 11.4. The van der Waals surface area contributed by atoms with E-state index in [1.807, 2.05) is 103 Å². The lowest BCUT2D eigenvalue weighted by molar-refractivity contribution is 0.460. The Kier molecular flexibility index (Phi) is 9.80. The summed E-state index contributed by atoms with van der Waals surface area (Å²) in [7, 11) is 0. The highest BCUT2D eigenvalue weighted by Crippen LogP contribution is 2.29. The minimum absolute atomic E-state index is 0.155. The number of aromatic nitrogens is 4. The van der Waals surface area contributed by atoms with Crippen molar-refractivity contribution >= 4 is 66.9 Å². The summed E-state index contributed by atoms with van der Waals surface area (Å²) in [4.78, 5) is 48.3. The molecule has 1 aliphatic rings. The molecule has 0 saturated heterocycles. The van der Waals surface area contributed by atoms with E-state index in [1.165, 1.54) is 5.56 Å². The summed E-state index contributed by atoms with van der Waals surface area (Å²) in [6.45, 7) is 0. The molecule has 10 rings (SSSR count). The number of benzene rings is 6. The fourth-order valence-electron chi connectivity index (χ4n) is 5.98. The number of nitrogens with one attached hydrogen (secondary N) is 2. The van der Waals surface area contributed by atoms with Crippen LogP contribution in [0.15, 0.2) is 169 Å². The number of nitrogen functional groups attached to an aromatic ring is 3. The number of imidazole rings is 1. The maximum absolute atomic E-state index is 12.1. The van der Waals surface area contributed by atoms with Crippen LogP contribution in [-0.2, 0) is 6.42 Å². The number of aliphatic imine (C=N–C) groups is 1. The molecule has 0 saturated carbocycles. The van der Waals surface area contributed by atoms with Gasteiger partial charge >= 0.3 is 17.1 Å². The first kappa shape index (κ1) is 34.7. The van der Waals surface area contributed by atoms with E-state index < -0.39 is 11.4 Å². The molecule has 8 N–H and O–H groups in total. The number of rotatable bonds is 1. The summed E-state index contributed by atoms with van der Waals surface area (Å²) < 4.78 is 5.95. The van der Waals surface area contributed by atoms with E-state index >= 15 is 0 Å². The van der Waals surface area contributed by atoms with Crippen molar-refractivity contribution in [3.63, 3.8) is 0 Å². The number of hydrogen-bond acceptors (Lipinski definition) is 9. The highest BCUT2D eigenvalue weighted by Gasteiger charge is 2.16. The van der Waals surface area contributed by atoms with Crippen LogP contribution >= 0.6 is 0 Å². The lowest BCUT2D eigenvalue weighted by Gasteiger charge is -2.03. The number of para-hydroxylation sites is 8. The molecule has 6 aromatic carbocycles. The third-order valence-electron chi connectivity index (χ3n) is 8.62. The van der Waals surface area contributed by atoms with Crippen molar-refractivity contribution in [1.82, 2.24) is 19.4 Å². The van der Waals surface area contributed by atoms with Gasteiger partial charge in [-0.3, -0.25) is 9.98 Å². The van der Waals surface area contributed by atoms with Crippen LogP contribution in [0, 0.1) is 0 Å². The predicted octanol–water partition coefficient (Wildman–Crippen LogP) is 6.61. The first-order valence-electron chi connectivity index (χ1n) is 16.9. The van der Waals surface area contributed by atoms with E-state index in [2.05, 4.69) is 30.4 Å². The summed E-state index contributed by atoms with van der Waals surface area (Å²) in [5, 5.41) is 1.34. The molecule has 0 bridgehead atoms. The summed E-state index contributed by atoms with van der Waals surface area (Å²) in [5.41, 5.74) is 26.2. The Bertz CT molecular complexity index is 2980. The van der Waals surface area contributed by atoms with E-state index in [9.17, 15) is 14.4 Å². The Hall–Kier alpha value is -7.73. The van der Waals surface area contributed by atoms with E-state index in [4.69, 9.17) is 17.2 Å². The average Bonchev–Trinajstić information content (AvgIpc) is 3.80. The number of nitrogens with zero attached hydrogens (tertiary/aromatic N) is 3. The lowest BCUT2D eigenvalue weighted by atomic mass is 10.0. The van der Waals surface area contributed by atoms with Gasteiger partial charge in [0.15, 0.2) is 5.65 Å². The van der Waals surface area contributed by atoms with Crippen molar-refractivity contribution < 1.29 is 4.42 Å². The van der Waals surface area contributed by atoms with Gasteiger partial charge < -0.3 is 26.6 Å². The topological polar surface area (TPSA) is 204 Å². The molecule has 0 fully saturated rings. The Labute approximate surface area is 306 Å². The van der Waals surface area contributed by atoms with E-state index in [-0.39, 0.29) is 5.69 Å². The smallest absolute Gasteiger partial charge is 0.398 e. The first-order chi connectivity index (χ1) is 26.3. The van der Waals surface area contributed by atoms with Gasteiger partial charge in [-0.05, 0) is 66.2 Å². The van der Waals surface area contributed by atoms with E-state index in [0.29, 0.717) is 27.9 Å². The molecule has 0 radical (unpaired) electrons. The summed E-state index contributed by atoms with van der Waals surface area (Å²) in [6.07, 6.45) is 0.879. The molecular formula is C42H34N8O4. The van der Waals surface area contributed by atoms with Crippen molar-refractivity contribution in [3.8, 4) is 0 Å². The van der Waals surface area contributed by atoms with Crippen LogP contribution < -0.4 is 34.3 Å². The van der Waals surface area contributed by atoms with Gasteiger partial charge in [0, 0.05) is 23.1 Å². The molecule has 1 aliphatic heterocycles. The zero-order valence-electron chi connectivity index (χ0n) is 28.8. The second kappa shape index (κ2) is 15.3. The SMILES string of the molecule is Nc1ccccc1C1=Nc2ccccc2C1.Nc1ccccc1N.O=c1[nH]c2ccccc2c(=O)o1.O=c1[nH]c2ccccc2c2nc3ccccc3n12. The molecule has 0 unspecified atom stereocenters. The molecule has 3 aromatic heterocycles. The Morgan fingerprint density at radius 3 is 1.87 bits per heavy atom. The Morgan fingerprint density at radius 1 is 0.593 bits per heavy atom. The molecule has 54 heavy (non-hydrogen) atoms. The number of fused-ring (bicyclic) bond motifs is 7. The summed E-state index contributed by atoms with van der Waals surface area (Å²) in [5.74, 6) is -0.723. The second-order valence-corrected chi connectivity index (χ2v) is 12.2. The van der Waals surface area contributed by atoms with Gasteiger partial charge in [0.05, 0.1) is 50.2 Å². The minimum Gasteiger partial charge on any atom is -0.398 e. The molecular weight excluding hydrogens is 681 g/mol. The van der Waals surface area contributed by atoms with Gasteiger partial charge in [-0.15, -0.1) is 0 Å². The Morgan fingerprint density at radius 2 is 1.17 bits per heavy atom. The number of hydrogen-bond donors (Lipinski definition) is 5. The highest BCUT2D eigenvalue weighted by molar-refractivity contribution is 6.09. The van der Waals surface area contributed by atoms with Crippen LogP contribution in [0.25, 0.3) is 38.5 Å².